The van der Waals surface area contributed by atoms with Gasteiger partial charge in [0, 0.05) is 37.1 Å². The highest BCUT2D eigenvalue weighted by Crippen LogP contribution is 2.35. The molecule has 0 spiro atoms. The molecule has 0 unspecified atom stereocenters. The molecule has 1 aliphatic rings. The van der Waals surface area contributed by atoms with Gasteiger partial charge >= 0.3 is 5.97 Å². The van der Waals surface area contributed by atoms with Crippen molar-refractivity contribution in [2.75, 3.05) is 13.7 Å². The maximum Gasteiger partial charge on any atom is 0.345 e. The van der Waals surface area contributed by atoms with Crippen molar-refractivity contribution in [1.29, 1.82) is 0 Å². The highest BCUT2D eigenvalue weighted by atomic mass is 16.5. The van der Waals surface area contributed by atoms with Crippen LogP contribution < -0.4 is 5.56 Å². The Labute approximate surface area is 137 Å². The summed E-state index contributed by atoms with van der Waals surface area (Å²) in [5.74, 6) is -1.88. The van der Waals surface area contributed by atoms with Crippen LogP contribution in [-0.2, 0) is 24.1 Å². The molecule has 24 heavy (non-hydrogen) atoms. The Morgan fingerprint density at radius 3 is 2.96 bits per heavy atom. The molecule has 0 amide bonds. The minimum Gasteiger partial charge on any atom is -0.506 e. The normalized spacial score (nSPS) is 13.2. The number of carbonyl (C=O) groups is 1. The van der Waals surface area contributed by atoms with Crippen LogP contribution in [0.2, 0.25) is 0 Å². The van der Waals surface area contributed by atoms with E-state index in [-0.39, 0.29) is 0 Å². The summed E-state index contributed by atoms with van der Waals surface area (Å²) in [7, 11) is 1.65. The number of pyridine rings is 1. The van der Waals surface area contributed by atoms with Crippen LogP contribution >= 0.6 is 0 Å². The van der Waals surface area contributed by atoms with Gasteiger partial charge in [0.1, 0.15) is 5.75 Å². The Balaban J connectivity index is 2.10. The second-order valence-electron chi connectivity index (χ2n) is 5.76. The van der Waals surface area contributed by atoms with E-state index in [0.717, 1.165) is 30.5 Å². The first kappa shape index (κ1) is 16.3. The van der Waals surface area contributed by atoms with E-state index in [0.29, 0.717) is 30.8 Å². The molecule has 8 heteroatoms. The van der Waals surface area contributed by atoms with Crippen LogP contribution in [0, 0.1) is 0 Å². The fourth-order valence-corrected chi connectivity index (χ4v) is 3.17. The standard InChI is InChI=1S/C16H19N3O5/c1-24-7-3-6-19-11-5-2-4-9-13(10(11)8-17-19)18-15(21)12(14(9)20)16(22)23/h8H,2-7H2,1H3,(H,22,23)(H2,18,20,21). The van der Waals surface area contributed by atoms with Crippen LogP contribution in [0.3, 0.4) is 0 Å². The lowest BCUT2D eigenvalue weighted by Crippen LogP contribution is -2.19. The molecule has 2 aromatic rings. The minimum atomic E-state index is -1.43. The molecule has 2 aromatic heterocycles. The van der Waals surface area contributed by atoms with Crippen molar-refractivity contribution in [1.82, 2.24) is 14.8 Å². The number of fused-ring (bicyclic) bond motifs is 3. The molecule has 0 saturated heterocycles. The van der Waals surface area contributed by atoms with E-state index < -0.39 is 22.8 Å². The van der Waals surface area contributed by atoms with Gasteiger partial charge < -0.3 is 19.9 Å². The number of ether oxygens (including phenoxy) is 1. The smallest absolute Gasteiger partial charge is 0.345 e. The predicted molar refractivity (Wildman–Crippen MR) is 85.4 cm³/mol. The van der Waals surface area contributed by atoms with E-state index in [2.05, 4.69) is 10.1 Å². The molecule has 1 aliphatic carbocycles. The number of nitrogens with zero attached hydrogens (tertiary/aromatic N) is 2. The number of carboxylic acid groups (broad SMARTS) is 1. The molecule has 0 atom stereocenters. The van der Waals surface area contributed by atoms with Crippen LogP contribution in [0.1, 0.15) is 34.5 Å². The number of H-pyrrole nitrogens is 1. The Morgan fingerprint density at radius 1 is 1.46 bits per heavy atom. The maximum absolute atomic E-state index is 12.1. The molecule has 0 aromatic carbocycles. The van der Waals surface area contributed by atoms with E-state index in [1.807, 2.05) is 4.68 Å². The number of hydrogen-bond acceptors (Lipinski definition) is 5. The topological polar surface area (TPSA) is 117 Å². The van der Waals surface area contributed by atoms with Crippen LogP contribution in [0.4, 0.5) is 0 Å². The number of aromatic carboxylic acids is 1. The Morgan fingerprint density at radius 2 is 2.25 bits per heavy atom. The number of aromatic amines is 1. The van der Waals surface area contributed by atoms with E-state index in [1.54, 1.807) is 13.3 Å². The summed E-state index contributed by atoms with van der Waals surface area (Å²) in [6.07, 6.45) is 4.43. The highest BCUT2D eigenvalue weighted by Gasteiger charge is 2.27. The fraction of sp³-hybridized carbons (Fsp3) is 0.438. The van der Waals surface area contributed by atoms with Gasteiger partial charge in [-0.15, -0.1) is 0 Å². The van der Waals surface area contributed by atoms with Gasteiger partial charge in [-0.05, 0) is 25.7 Å². The first-order valence-electron chi connectivity index (χ1n) is 7.80. The van der Waals surface area contributed by atoms with E-state index in [4.69, 9.17) is 9.84 Å². The molecule has 2 heterocycles. The summed E-state index contributed by atoms with van der Waals surface area (Å²) in [5, 5.41) is 23.8. The lowest BCUT2D eigenvalue weighted by Gasteiger charge is -2.10. The summed E-state index contributed by atoms with van der Waals surface area (Å²) in [4.78, 5) is 25.9. The predicted octanol–water partition coefficient (Wildman–Crippen LogP) is 1.17. The van der Waals surface area contributed by atoms with Crippen LogP contribution in [0.5, 0.6) is 5.75 Å². The molecule has 3 rings (SSSR count). The quantitative estimate of drug-likeness (QED) is 0.707. The Hall–Kier alpha value is -2.61. The number of aryl methyl sites for hydroxylation is 1. The molecule has 0 saturated carbocycles. The third kappa shape index (κ3) is 2.69. The zero-order chi connectivity index (χ0) is 17.3. The number of aromatic nitrogens is 3. The average molecular weight is 333 g/mol. The molecule has 0 fully saturated rings. The molecule has 8 nitrogen and oxygen atoms in total. The van der Waals surface area contributed by atoms with Gasteiger partial charge in [0.15, 0.2) is 5.56 Å². The van der Waals surface area contributed by atoms with Gasteiger partial charge in [0.2, 0.25) is 0 Å². The van der Waals surface area contributed by atoms with Gasteiger partial charge in [0.25, 0.3) is 5.56 Å². The number of hydrogen-bond donors (Lipinski definition) is 3. The minimum absolute atomic E-state index is 0.443. The summed E-state index contributed by atoms with van der Waals surface area (Å²) >= 11 is 0. The Kier molecular flexibility index (Phi) is 4.39. The van der Waals surface area contributed by atoms with Crippen molar-refractivity contribution in [3.63, 3.8) is 0 Å². The fourth-order valence-electron chi connectivity index (χ4n) is 3.17. The number of nitrogens with one attached hydrogen (secondary N) is 1. The third-order valence-corrected chi connectivity index (χ3v) is 4.28. The molecule has 0 radical (unpaired) electrons. The zero-order valence-corrected chi connectivity index (χ0v) is 13.3. The largest absolute Gasteiger partial charge is 0.506 e. The van der Waals surface area contributed by atoms with Crippen LogP contribution in [0.25, 0.3) is 11.3 Å². The number of carboxylic acids is 1. The van der Waals surface area contributed by atoms with Gasteiger partial charge in [-0.3, -0.25) is 9.48 Å². The summed E-state index contributed by atoms with van der Waals surface area (Å²) < 4.78 is 6.93. The van der Waals surface area contributed by atoms with Gasteiger partial charge in [0.05, 0.1) is 11.9 Å². The van der Waals surface area contributed by atoms with Crippen LogP contribution in [-0.4, -0.2) is 44.7 Å². The van der Waals surface area contributed by atoms with E-state index in [9.17, 15) is 14.7 Å². The third-order valence-electron chi connectivity index (χ3n) is 4.28. The van der Waals surface area contributed by atoms with Gasteiger partial charge in [-0.2, -0.15) is 5.10 Å². The van der Waals surface area contributed by atoms with Crippen molar-refractivity contribution in [2.24, 2.45) is 0 Å². The number of methoxy groups -OCH3 is 1. The molecule has 128 valence electrons. The molecular formula is C16H19N3O5. The summed E-state index contributed by atoms with van der Waals surface area (Å²) in [6, 6.07) is 0. The first-order chi connectivity index (χ1) is 11.5. The van der Waals surface area contributed by atoms with Gasteiger partial charge in [-0.25, -0.2) is 4.79 Å². The average Bonchev–Trinajstić information content (AvgIpc) is 2.82. The van der Waals surface area contributed by atoms with E-state index >= 15 is 0 Å². The first-order valence-corrected chi connectivity index (χ1v) is 7.80. The van der Waals surface area contributed by atoms with E-state index in [1.165, 1.54) is 0 Å². The number of rotatable bonds is 5. The van der Waals surface area contributed by atoms with Crippen molar-refractivity contribution >= 4 is 5.97 Å². The molecule has 0 bridgehead atoms. The van der Waals surface area contributed by atoms with Crippen LogP contribution in [0.15, 0.2) is 11.0 Å². The second kappa shape index (κ2) is 6.48. The lowest BCUT2D eigenvalue weighted by atomic mass is 10.0. The molecular weight excluding hydrogens is 314 g/mol. The summed E-state index contributed by atoms with van der Waals surface area (Å²) in [6.45, 7) is 1.33. The SMILES string of the molecule is COCCCn1ncc2c1CCCc1c-2[nH]c(=O)c(C(=O)O)c1O. The molecule has 0 aliphatic heterocycles. The summed E-state index contributed by atoms with van der Waals surface area (Å²) in [5.41, 5.74) is 1.23. The lowest BCUT2D eigenvalue weighted by molar-refractivity contribution is 0.0691. The highest BCUT2D eigenvalue weighted by molar-refractivity contribution is 5.92. The molecule has 3 N–H and O–H groups in total. The second-order valence-corrected chi connectivity index (χ2v) is 5.76. The zero-order valence-electron chi connectivity index (χ0n) is 13.3. The monoisotopic (exact) mass is 333 g/mol. The maximum atomic E-state index is 12.1. The van der Waals surface area contributed by atoms with Crippen molar-refractivity contribution in [3.05, 3.63) is 33.4 Å². The van der Waals surface area contributed by atoms with Crippen molar-refractivity contribution in [2.45, 2.75) is 32.2 Å². The van der Waals surface area contributed by atoms with Gasteiger partial charge in [-0.1, -0.05) is 0 Å². The van der Waals surface area contributed by atoms with Crippen molar-refractivity contribution in [3.8, 4) is 17.0 Å². The number of aromatic hydroxyl groups is 1. The Bertz CT molecular complexity index is 837. The van der Waals surface area contributed by atoms with Crippen molar-refractivity contribution < 1.29 is 19.7 Å².